The van der Waals surface area contributed by atoms with Crippen LogP contribution in [-0.4, -0.2) is 42.8 Å². The number of carbonyl (C=O) groups is 2. The number of benzene rings is 1. The van der Waals surface area contributed by atoms with Gasteiger partial charge in [-0.2, -0.15) is 26.3 Å². The van der Waals surface area contributed by atoms with Gasteiger partial charge in [0.1, 0.15) is 10.6 Å². The van der Waals surface area contributed by atoms with Crippen molar-refractivity contribution in [2.45, 2.75) is 87.9 Å². The number of hydrogen-bond donors (Lipinski definition) is 2. The van der Waals surface area contributed by atoms with Crippen LogP contribution in [0.15, 0.2) is 36.0 Å². The number of aromatic nitrogens is 1. The van der Waals surface area contributed by atoms with Crippen LogP contribution in [0.3, 0.4) is 0 Å². The van der Waals surface area contributed by atoms with Gasteiger partial charge in [-0.25, -0.2) is 18.1 Å². The summed E-state index contributed by atoms with van der Waals surface area (Å²) in [6.07, 6.45) is -7.73. The lowest BCUT2D eigenvalue weighted by molar-refractivity contribution is -0.201. The Bertz CT molecular complexity index is 1460. The summed E-state index contributed by atoms with van der Waals surface area (Å²) in [6.45, 7) is 1.75. The molecule has 1 aliphatic heterocycles. The Morgan fingerprint density at radius 1 is 1.07 bits per heavy atom. The fourth-order valence-electron chi connectivity index (χ4n) is 4.69. The molecule has 4 rings (SSSR count). The topological polar surface area (TPSA) is 105 Å². The molecule has 0 bridgehead atoms. The summed E-state index contributed by atoms with van der Waals surface area (Å²) in [5.41, 5.74) is -3.08. The lowest BCUT2D eigenvalue weighted by Gasteiger charge is -2.39. The Labute approximate surface area is 242 Å². The molecule has 1 aliphatic carbocycles. The van der Waals surface area contributed by atoms with E-state index in [0.717, 1.165) is 16.9 Å². The van der Waals surface area contributed by atoms with Gasteiger partial charge in [0.25, 0.3) is 11.8 Å². The summed E-state index contributed by atoms with van der Waals surface area (Å²) in [4.78, 5) is 30.8. The molecule has 0 saturated heterocycles. The van der Waals surface area contributed by atoms with Crippen LogP contribution in [0.2, 0.25) is 0 Å². The number of thiazole rings is 1. The van der Waals surface area contributed by atoms with Crippen molar-refractivity contribution in [1.82, 2.24) is 15.0 Å². The number of aryl methyl sites for hydroxylation is 2. The lowest BCUT2D eigenvalue weighted by atomic mass is 9.80. The minimum absolute atomic E-state index is 0.0351. The molecule has 2 heterocycles. The minimum atomic E-state index is -5.06. The third kappa shape index (κ3) is 7.33. The van der Waals surface area contributed by atoms with Crippen molar-refractivity contribution in [3.05, 3.63) is 57.0 Å². The van der Waals surface area contributed by atoms with Gasteiger partial charge >= 0.3 is 12.4 Å². The second kappa shape index (κ2) is 12.0. The summed E-state index contributed by atoms with van der Waals surface area (Å²) < 4.78 is 108. The zero-order valence-electron chi connectivity index (χ0n) is 22.5. The largest absolute Gasteiger partial charge is 0.418 e. The molecule has 15 heteroatoms. The maximum absolute atomic E-state index is 14.9. The van der Waals surface area contributed by atoms with Crippen molar-refractivity contribution in [3.8, 4) is 0 Å². The molecule has 0 unspecified atom stereocenters. The number of nitrogens with one attached hydrogen (secondary N) is 2. The Hall–Kier alpha value is -2.94. The van der Waals surface area contributed by atoms with Crippen LogP contribution >= 0.6 is 11.3 Å². The molecule has 1 aromatic carbocycles. The van der Waals surface area contributed by atoms with Crippen LogP contribution in [0.25, 0.3) is 5.57 Å². The van der Waals surface area contributed by atoms with E-state index >= 15 is 0 Å². The standard InChI is InChI=1S/C27H29F6N3O4S2/c1-16-7-9-17(10-8-16)20-14-25(27(31,32)33,35-22(37)21(20)23(38)36-42(39,40)19-11-12-19)24-34-15-18(41-24)6-4-2-3-5-13-26(28,29)30/h7-10,15,19H,2-6,11-14H2,1H3,(H,35,37)(H,36,38)/t25-/m0/s1. The van der Waals surface area contributed by atoms with E-state index in [0.29, 0.717) is 43.4 Å². The molecule has 1 fully saturated rings. The van der Waals surface area contributed by atoms with Crippen molar-refractivity contribution < 1.29 is 44.3 Å². The second-order valence-electron chi connectivity index (χ2n) is 10.6. The normalized spacial score (nSPS) is 20.0. The molecule has 230 valence electrons. The molecular weight excluding hydrogens is 608 g/mol. The molecule has 1 atom stereocenters. The smallest absolute Gasteiger partial charge is 0.332 e. The van der Waals surface area contributed by atoms with Crippen LogP contribution in [-0.2, 0) is 31.6 Å². The highest BCUT2D eigenvalue weighted by Crippen LogP contribution is 2.49. The number of amides is 2. The molecule has 2 N–H and O–H groups in total. The summed E-state index contributed by atoms with van der Waals surface area (Å²) in [5.74, 6) is -2.70. The molecular formula is C27H29F6N3O4S2. The van der Waals surface area contributed by atoms with Crippen molar-refractivity contribution in [2.75, 3.05) is 0 Å². The molecule has 0 radical (unpaired) electrons. The number of rotatable bonds is 11. The maximum Gasteiger partial charge on any atom is 0.418 e. The number of unbranched alkanes of at least 4 members (excludes halogenated alkanes) is 3. The predicted octanol–water partition coefficient (Wildman–Crippen LogP) is 5.85. The van der Waals surface area contributed by atoms with Gasteiger partial charge in [-0.3, -0.25) is 9.59 Å². The molecule has 2 amide bonds. The van der Waals surface area contributed by atoms with Crippen LogP contribution in [0.1, 0.15) is 72.4 Å². The molecule has 1 saturated carbocycles. The van der Waals surface area contributed by atoms with E-state index in [-0.39, 0.29) is 17.6 Å². The number of nitrogens with zero attached hydrogens (tertiary/aromatic N) is 1. The van der Waals surface area contributed by atoms with Crippen LogP contribution in [0.5, 0.6) is 0 Å². The van der Waals surface area contributed by atoms with Crippen LogP contribution in [0, 0.1) is 6.92 Å². The van der Waals surface area contributed by atoms with E-state index in [1.165, 1.54) is 18.3 Å². The van der Waals surface area contributed by atoms with Gasteiger partial charge in [0.2, 0.25) is 10.0 Å². The summed E-state index contributed by atoms with van der Waals surface area (Å²) in [6, 6.07) is 6.10. The SMILES string of the molecule is Cc1ccc(C2=C(C(=O)NS(=O)(=O)C3CC3)C(=O)N[C@@](c3ncc(CCCCCCC(F)(F)F)s3)(C(F)(F)F)C2)cc1. The zero-order chi connectivity index (χ0) is 30.9. The average molecular weight is 638 g/mol. The molecule has 7 nitrogen and oxygen atoms in total. The number of halogens is 6. The summed E-state index contributed by atoms with van der Waals surface area (Å²) in [5, 5.41) is 0.665. The highest BCUT2D eigenvalue weighted by molar-refractivity contribution is 7.91. The Morgan fingerprint density at radius 2 is 1.71 bits per heavy atom. The first-order valence-electron chi connectivity index (χ1n) is 13.3. The lowest BCUT2D eigenvalue weighted by Crippen LogP contribution is -2.60. The Balaban J connectivity index is 1.64. The van der Waals surface area contributed by atoms with Crippen molar-refractivity contribution >= 4 is 38.7 Å². The summed E-state index contributed by atoms with van der Waals surface area (Å²) in [7, 11) is -4.10. The second-order valence-corrected chi connectivity index (χ2v) is 13.7. The van der Waals surface area contributed by atoms with E-state index in [2.05, 4.69) is 4.98 Å². The van der Waals surface area contributed by atoms with Crippen molar-refractivity contribution in [1.29, 1.82) is 0 Å². The van der Waals surface area contributed by atoms with E-state index in [1.807, 2.05) is 10.0 Å². The fourth-order valence-corrected chi connectivity index (χ4v) is 7.10. The van der Waals surface area contributed by atoms with E-state index in [1.54, 1.807) is 19.1 Å². The zero-order valence-corrected chi connectivity index (χ0v) is 24.1. The fraction of sp³-hybridized carbons (Fsp3) is 0.519. The quantitative estimate of drug-likeness (QED) is 0.183. The predicted molar refractivity (Wildman–Crippen MR) is 144 cm³/mol. The van der Waals surface area contributed by atoms with Crippen LogP contribution < -0.4 is 10.0 Å². The molecule has 2 aromatic rings. The van der Waals surface area contributed by atoms with Crippen molar-refractivity contribution in [3.63, 3.8) is 0 Å². The third-order valence-electron chi connectivity index (χ3n) is 7.16. The average Bonchev–Trinajstić information content (AvgIpc) is 3.64. The highest BCUT2D eigenvalue weighted by atomic mass is 32.2. The first-order valence-corrected chi connectivity index (χ1v) is 15.7. The van der Waals surface area contributed by atoms with Gasteiger partial charge < -0.3 is 5.32 Å². The van der Waals surface area contributed by atoms with E-state index < -0.39 is 68.4 Å². The Morgan fingerprint density at radius 3 is 2.31 bits per heavy atom. The van der Waals surface area contributed by atoms with Gasteiger partial charge in [-0.1, -0.05) is 42.7 Å². The maximum atomic E-state index is 14.9. The highest BCUT2D eigenvalue weighted by Gasteiger charge is 2.62. The number of sulfonamides is 1. The number of alkyl halides is 6. The first kappa shape index (κ1) is 32.0. The minimum Gasteiger partial charge on any atom is -0.332 e. The van der Waals surface area contributed by atoms with E-state index in [4.69, 9.17) is 0 Å². The van der Waals surface area contributed by atoms with Gasteiger partial charge in [-0.15, -0.1) is 11.3 Å². The molecule has 0 spiro atoms. The van der Waals surface area contributed by atoms with Gasteiger partial charge in [0.15, 0.2) is 5.54 Å². The molecule has 42 heavy (non-hydrogen) atoms. The van der Waals surface area contributed by atoms with Crippen molar-refractivity contribution in [2.24, 2.45) is 0 Å². The third-order valence-corrected chi connectivity index (χ3v) is 10.2. The molecule has 2 aliphatic rings. The van der Waals surface area contributed by atoms with Gasteiger partial charge in [0.05, 0.1) is 5.25 Å². The van der Waals surface area contributed by atoms with Gasteiger partial charge in [-0.05, 0) is 50.2 Å². The monoisotopic (exact) mass is 637 g/mol. The summed E-state index contributed by atoms with van der Waals surface area (Å²) >= 11 is 0.722. The number of hydrogen-bond acceptors (Lipinski definition) is 6. The number of carbonyl (C=O) groups excluding carboxylic acids is 2. The Kier molecular flexibility index (Phi) is 9.12. The van der Waals surface area contributed by atoms with E-state index in [9.17, 15) is 44.3 Å². The van der Waals surface area contributed by atoms with Gasteiger partial charge in [0, 0.05) is 23.9 Å². The molecule has 1 aromatic heterocycles. The first-order chi connectivity index (χ1) is 19.5. The van der Waals surface area contributed by atoms with Crippen LogP contribution in [0.4, 0.5) is 26.3 Å².